The largest absolute Gasteiger partial charge is 0.473 e. The number of nitrogens with one attached hydrogen (secondary N) is 2. The number of nitro benzene ring substituents is 1. The molecule has 4 rings (SSSR count). The van der Waals surface area contributed by atoms with Crippen LogP contribution in [0.1, 0.15) is 29.7 Å². The molecule has 0 saturated heterocycles. The first kappa shape index (κ1) is 25.1. The van der Waals surface area contributed by atoms with Crippen molar-refractivity contribution in [3.05, 3.63) is 75.5 Å². The van der Waals surface area contributed by atoms with Crippen LogP contribution in [0.25, 0.3) is 17.0 Å². The van der Waals surface area contributed by atoms with Crippen molar-refractivity contribution in [2.24, 2.45) is 5.73 Å². The molecule has 1 unspecified atom stereocenters. The Balaban J connectivity index is 0.000000509. The molecule has 3 aromatic rings. The fraction of sp³-hybridized carbons (Fsp3) is 0.208. The average molecular weight is 480 g/mol. The Morgan fingerprint density at radius 2 is 1.83 bits per heavy atom. The van der Waals surface area contributed by atoms with Gasteiger partial charge in [0.05, 0.1) is 4.92 Å². The van der Waals surface area contributed by atoms with Crippen LogP contribution in [0.5, 0.6) is 0 Å². The molecule has 35 heavy (non-hydrogen) atoms. The maximum atomic E-state index is 12.3. The van der Waals surface area contributed by atoms with Crippen LogP contribution in [0.4, 0.5) is 11.4 Å². The minimum Gasteiger partial charge on any atom is -0.473 e. The predicted molar refractivity (Wildman–Crippen MR) is 129 cm³/mol. The number of carbonyl (C=O) groups excluding carboxylic acids is 1. The Labute approximate surface area is 199 Å². The summed E-state index contributed by atoms with van der Waals surface area (Å²) < 4.78 is 0. The van der Waals surface area contributed by atoms with Crippen LogP contribution in [0.3, 0.4) is 0 Å². The van der Waals surface area contributed by atoms with Crippen LogP contribution in [-0.4, -0.2) is 44.0 Å². The molecule has 0 aliphatic heterocycles. The van der Waals surface area contributed by atoms with Crippen LogP contribution in [0.15, 0.2) is 48.5 Å². The molecule has 0 fully saturated rings. The van der Waals surface area contributed by atoms with Gasteiger partial charge in [0.2, 0.25) is 5.91 Å². The van der Waals surface area contributed by atoms with Gasteiger partial charge in [0, 0.05) is 46.9 Å². The third-order valence-corrected chi connectivity index (χ3v) is 5.41. The summed E-state index contributed by atoms with van der Waals surface area (Å²) >= 11 is 0. The zero-order chi connectivity index (χ0) is 25.5. The van der Waals surface area contributed by atoms with Gasteiger partial charge >= 0.3 is 11.9 Å². The number of benzene rings is 2. The minimum atomic E-state index is -1.82. The van der Waals surface area contributed by atoms with Gasteiger partial charge in [0.15, 0.2) is 0 Å². The number of rotatable bonds is 5. The van der Waals surface area contributed by atoms with Crippen LogP contribution >= 0.6 is 0 Å². The second-order valence-electron chi connectivity index (χ2n) is 7.96. The summed E-state index contributed by atoms with van der Waals surface area (Å²) in [5.41, 5.74) is 11.3. The first-order chi connectivity index (χ1) is 16.6. The third-order valence-electron chi connectivity index (χ3n) is 5.41. The fourth-order valence-corrected chi connectivity index (χ4v) is 3.74. The van der Waals surface area contributed by atoms with Gasteiger partial charge in [-0.3, -0.25) is 14.9 Å². The second kappa shape index (κ2) is 11.1. The summed E-state index contributed by atoms with van der Waals surface area (Å²) in [5, 5.41) is 29.5. The van der Waals surface area contributed by atoms with Gasteiger partial charge in [-0.15, -0.1) is 0 Å². The van der Waals surface area contributed by atoms with E-state index in [2.05, 4.69) is 10.3 Å². The average Bonchev–Trinajstić information content (AvgIpc) is 3.17. The number of carbonyl (C=O) groups is 3. The van der Waals surface area contributed by atoms with Crippen molar-refractivity contribution in [2.45, 2.75) is 31.7 Å². The van der Waals surface area contributed by atoms with E-state index in [4.69, 9.17) is 25.5 Å². The van der Waals surface area contributed by atoms with Gasteiger partial charge in [-0.1, -0.05) is 12.2 Å². The quantitative estimate of drug-likeness (QED) is 0.209. The van der Waals surface area contributed by atoms with E-state index in [-0.39, 0.29) is 24.1 Å². The van der Waals surface area contributed by atoms with E-state index >= 15 is 0 Å². The molecule has 11 nitrogen and oxygen atoms in total. The van der Waals surface area contributed by atoms with Gasteiger partial charge in [-0.25, -0.2) is 9.59 Å². The lowest BCUT2D eigenvalue weighted by atomic mass is 9.92. The summed E-state index contributed by atoms with van der Waals surface area (Å²) in [4.78, 5) is 44.2. The first-order valence-corrected chi connectivity index (χ1v) is 10.7. The smallest absolute Gasteiger partial charge is 0.414 e. The van der Waals surface area contributed by atoms with Gasteiger partial charge in [-0.05, 0) is 60.7 Å². The van der Waals surface area contributed by atoms with Gasteiger partial charge in [0.25, 0.3) is 5.69 Å². The van der Waals surface area contributed by atoms with Crippen molar-refractivity contribution in [2.75, 3.05) is 5.32 Å². The number of nitro groups is 1. The standard InChI is InChI=1S/C22H22N4O3.C2H2O4/c23-15-6-10-20-18(12-15)19-13-16(7-11-21(19)25-20)24-22(27)3-1-2-14-4-8-17(9-5-14)26(28)29;3-1(4)2(5)6/h1-2,4-5,7-9,11,13,15,25H,3,6,10,12,23H2,(H,24,27);(H,3,4)(H,5,6)/b2-1+;. The number of aromatic amines is 1. The number of aliphatic carboxylic acids is 2. The number of anilines is 1. The highest BCUT2D eigenvalue weighted by molar-refractivity contribution is 6.27. The number of hydrogen-bond acceptors (Lipinski definition) is 6. The molecule has 0 radical (unpaired) electrons. The molecule has 1 amide bonds. The highest BCUT2D eigenvalue weighted by Crippen LogP contribution is 2.30. The van der Waals surface area contributed by atoms with Crippen molar-refractivity contribution in [1.82, 2.24) is 4.98 Å². The second-order valence-corrected chi connectivity index (χ2v) is 7.96. The number of fused-ring (bicyclic) bond motifs is 3. The number of nitrogens with zero attached hydrogens (tertiary/aromatic N) is 1. The lowest BCUT2D eigenvalue weighted by molar-refractivity contribution is -0.384. The summed E-state index contributed by atoms with van der Waals surface area (Å²) in [7, 11) is 0. The monoisotopic (exact) mass is 480 g/mol. The summed E-state index contributed by atoms with van der Waals surface area (Å²) in [6.45, 7) is 0. The Bertz CT molecular complexity index is 1280. The maximum absolute atomic E-state index is 12.3. The van der Waals surface area contributed by atoms with Crippen LogP contribution < -0.4 is 11.1 Å². The van der Waals surface area contributed by atoms with Crippen LogP contribution in [-0.2, 0) is 27.2 Å². The fourth-order valence-electron chi connectivity index (χ4n) is 3.74. The lowest BCUT2D eigenvalue weighted by Crippen LogP contribution is -2.27. The normalized spacial score (nSPS) is 14.6. The minimum absolute atomic E-state index is 0.0446. The van der Waals surface area contributed by atoms with E-state index in [0.717, 1.165) is 41.4 Å². The number of aromatic nitrogens is 1. The highest BCUT2D eigenvalue weighted by Gasteiger charge is 2.20. The number of carboxylic acid groups (broad SMARTS) is 2. The molecular formula is C24H24N4O7. The Morgan fingerprint density at radius 1 is 1.14 bits per heavy atom. The molecule has 0 saturated carbocycles. The molecule has 1 aliphatic rings. The molecule has 1 heterocycles. The van der Waals surface area contributed by atoms with E-state index in [1.807, 2.05) is 18.2 Å². The molecule has 1 aromatic heterocycles. The molecule has 2 aromatic carbocycles. The van der Waals surface area contributed by atoms with Crippen molar-refractivity contribution in [3.8, 4) is 0 Å². The molecular weight excluding hydrogens is 456 g/mol. The highest BCUT2D eigenvalue weighted by atomic mass is 16.6. The Hall–Kier alpha value is -4.51. The van der Waals surface area contributed by atoms with Crippen molar-refractivity contribution in [3.63, 3.8) is 0 Å². The molecule has 182 valence electrons. The van der Waals surface area contributed by atoms with E-state index in [1.165, 1.54) is 23.4 Å². The number of aryl methyl sites for hydroxylation is 1. The topological polar surface area (TPSA) is 189 Å². The molecule has 1 aliphatic carbocycles. The van der Waals surface area contributed by atoms with Crippen molar-refractivity contribution >= 4 is 46.2 Å². The van der Waals surface area contributed by atoms with Crippen molar-refractivity contribution in [1.29, 1.82) is 0 Å². The summed E-state index contributed by atoms with van der Waals surface area (Å²) in [6, 6.07) is 12.3. The van der Waals surface area contributed by atoms with E-state index in [1.54, 1.807) is 24.3 Å². The van der Waals surface area contributed by atoms with Crippen molar-refractivity contribution < 1.29 is 29.5 Å². The Morgan fingerprint density at radius 3 is 2.46 bits per heavy atom. The number of nitrogens with two attached hydrogens (primary N) is 1. The van der Waals surface area contributed by atoms with Crippen LogP contribution in [0, 0.1) is 10.1 Å². The van der Waals surface area contributed by atoms with Gasteiger partial charge < -0.3 is 26.2 Å². The van der Waals surface area contributed by atoms with Crippen LogP contribution in [0.2, 0.25) is 0 Å². The number of carboxylic acids is 2. The zero-order valence-corrected chi connectivity index (χ0v) is 18.6. The molecule has 1 atom stereocenters. The summed E-state index contributed by atoms with van der Waals surface area (Å²) in [5.74, 6) is -3.77. The number of H-pyrrole nitrogens is 1. The molecule has 0 bridgehead atoms. The van der Waals surface area contributed by atoms with Gasteiger partial charge in [-0.2, -0.15) is 0 Å². The first-order valence-electron chi connectivity index (χ1n) is 10.7. The lowest BCUT2D eigenvalue weighted by Gasteiger charge is -2.18. The maximum Gasteiger partial charge on any atom is 0.414 e. The van der Waals surface area contributed by atoms with E-state index in [0.29, 0.717) is 0 Å². The van der Waals surface area contributed by atoms with E-state index in [9.17, 15) is 14.9 Å². The Kier molecular flexibility index (Phi) is 7.95. The van der Waals surface area contributed by atoms with E-state index < -0.39 is 16.9 Å². The molecule has 0 spiro atoms. The molecule has 11 heteroatoms. The molecule has 6 N–H and O–H groups in total. The number of non-ortho nitro benzene ring substituents is 1. The zero-order valence-electron chi connectivity index (χ0n) is 18.6. The third kappa shape index (κ3) is 6.74. The SMILES string of the molecule is NC1CCc2[nH]c3ccc(NC(=O)C/C=C/c4ccc([N+](=O)[O-])cc4)cc3c2C1.O=C(O)C(=O)O. The predicted octanol–water partition coefficient (Wildman–Crippen LogP) is 3.09. The number of hydrogen-bond donors (Lipinski definition) is 5. The summed E-state index contributed by atoms with van der Waals surface area (Å²) in [6.07, 6.45) is 6.53. The number of amides is 1. The van der Waals surface area contributed by atoms with Gasteiger partial charge in [0.1, 0.15) is 0 Å².